The molecule has 0 unspecified atom stereocenters. The molecule has 0 amide bonds. The number of benzene rings is 1. The standard InChI is InChI=1S/C13H13F2NO2/c1-2-18-13(17)12-6-5-11(16-12)9-7-8(14)3-4-10(9)15/h3-4,7,12H,2,5-6H2,1H3/t12-/m1/s1. The van der Waals surface area contributed by atoms with Gasteiger partial charge in [0.1, 0.15) is 17.7 Å². The average Bonchev–Trinajstić information content (AvgIpc) is 2.82. The highest BCUT2D eigenvalue weighted by molar-refractivity contribution is 6.03. The molecule has 0 saturated carbocycles. The molecule has 1 heterocycles. The highest BCUT2D eigenvalue weighted by atomic mass is 19.1. The van der Waals surface area contributed by atoms with Crippen molar-refractivity contribution in [2.24, 2.45) is 4.99 Å². The highest BCUT2D eigenvalue weighted by Crippen LogP contribution is 2.22. The first-order valence-electron chi connectivity index (χ1n) is 5.80. The van der Waals surface area contributed by atoms with Gasteiger partial charge in [0, 0.05) is 11.3 Å². The molecular formula is C13H13F2NO2. The van der Waals surface area contributed by atoms with Gasteiger partial charge in [-0.2, -0.15) is 0 Å². The van der Waals surface area contributed by atoms with Crippen LogP contribution in [-0.4, -0.2) is 24.3 Å². The number of aliphatic imine (C=N–C) groups is 1. The topological polar surface area (TPSA) is 38.7 Å². The third-order valence-corrected chi connectivity index (χ3v) is 2.76. The lowest BCUT2D eigenvalue weighted by Crippen LogP contribution is -2.18. The summed E-state index contributed by atoms with van der Waals surface area (Å²) in [7, 11) is 0. The Labute approximate surface area is 103 Å². The van der Waals surface area contributed by atoms with Crippen molar-refractivity contribution in [2.75, 3.05) is 6.61 Å². The Morgan fingerprint density at radius 3 is 3.00 bits per heavy atom. The van der Waals surface area contributed by atoms with E-state index < -0.39 is 23.6 Å². The van der Waals surface area contributed by atoms with Crippen LogP contribution < -0.4 is 0 Å². The van der Waals surface area contributed by atoms with Crippen molar-refractivity contribution in [1.82, 2.24) is 0 Å². The van der Waals surface area contributed by atoms with Crippen LogP contribution in [0.4, 0.5) is 8.78 Å². The SMILES string of the molecule is CCOC(=O)[C@H]1CCC(c2cc(F)ccc2F)=N1. The summed E-state index contributed by atoms with van der Waals surface area (Å²) in [5, 5.41) is 0. The predicted molar refractivity (Wildman–Crippen MR) is 62.6 cm³/mol. The summed E-state index contributed by atoms with van der Waals surface area (Å²) < 4.78 is 31.4. The molecule has 1 aliphatic rings. The van der Waals surface area contributed by atoms with Gasteiger partial charge in [0.2, 0.25) is 0 Å². The molecule has 0 aromatic heterocycles. The monoisotopic (exact) mass is 253 g/mol. The minimum absolute atomic E-state index is 0.127. The van der Waals surface area contributed by atoms with Gasteiger partial charge in [0.05, 0.1) is 6.61 Å². The number of ether oxygens (including phenoxy) is 1. The molecule has 18 heavy (non-hydrogen) atoms. The highest BCUT2D eigenvalue weighted by Gasteiger charge is 2.27. The smallest absolute Gasteiger partial charge is 0.330 e. The maximum Gasteiger partial charge on any atom is 0.330 e. The number of nitrogens with zero attached hydrogens (tertiary/aromatic N) is 1. The van der Waals surface area contributed by atoms with E-state index in [4.69, 9.17) is 4.74 Å². The lowest BCUT2D eigenvalue weighted by atomic mass is 10.1. The molecular weight excluding hydrogens is 240 g/mol. The fourth-order valence-electron chi connectivity index (χ4n) is 1.92. The van der Waals surface area contributed by atoms with Crippen LogP contribution in [0.15, 0.2) is 23.2 Å². The average molecular weight is 253 g/mol. The van der Waals surface area contributed by atoms with Crippen LogP contribution >= 0.6 is 0 Å². The maximum atomic E-state index is 13.5. The third-order valence-electron chi connectivity index (χ3n) is 2.76. The summed E-state index contributed by atoms with van der Waals surface area (Å²) in [6, 6.07) is 2.62. The molecule has 0 aliphatic carbocycles. The summed E-state index contributed by atoms with van der Waals surface area (Å²) in [5.41, 5.74) is 0.548. The van der Waals surface area contributed by atoms with Crippen LogP contribution in [0, 0.1) is 11.6 Å². The zero-order valence-corrected chi connectivity index (χ0v) is 9.95. The van der Waals surface area contributed by atoms with Gasteiger partial charge in [0.15, 0.2) is 0 Å². The predicted octanol–water partition coefficient (Wildman–Crippen LogP) is 2.48. The number of hydrogen-bond acceptors (Lipinski definition) is 3. The summed E-state index contributed by atoms with van der Waals surface area (Å²) in [6.07, 6.45) is 0.925. The van der Waals surface area contributed by atoms with E-state index in [1.165, 1.54) is 0 Å². The van der Waals surface area contributed by atoms with Crippen molar-refractivity contribution in [3.05, 3.63) is 35.4 Å². The summed E-state index contributed by atoms with van der Waals surface area (Å²) >= 11 is 0. The maximum absolute atomic E-state index is 13.5. The summed E-state index contributed by atoms with van der Waals surface area (Å²) in [6.45, 7) is 2.00. The Kier molecular flexibility index (Phi) is 3.69. The Bertz CT molecular complexity index is 500. The molecule has 0 spiro atoms. The number of hydrogen-bond donors (Lipinski definition) is 0. The van der Waals surface area contributed by atoms with Crippen molar-refractivity contribution < 1.29 is 18.3 Å². The molecule has 0 N–H and O–H groups in total. The molecule has 2 rings (SSSR count). The lowest BCUT2D eigenvalue weighted by molar-refractivity contribution is -0.144. The van der Waals surface area contributed by atoms with E-state index in [2.05, 4.69) is 4.99 Å². The van der Waals surface area contributed by atoms with Crippen molar-refractivity contribution in [1.29, 1.82) is 0 Å². The van der Waals surface area contributed by atoms with Gasteiger partial charge in [-0.3, -0.25) is 4.99 Å². The van der Waals surface area contributed by atoms with E-state index in [1.807, 2.05) is 0 Å². The number of esters is 1. The molecule has 1 atom stereocenters. The second-order valence-electron chi connectivity index (χ2n) is 4.01. The zero-order valence-electron chi connectivity index (χ0n) is 9.95. The van der Waals surface area contributed by atoms with Gasteiger partial charge in [-0.05, 0) is 38.0 Å². The van der Waals surface area contributed by atoms with Crippen molar-refractivity contribution in [2.45, 2.75) is 25.8 Å². The van der Waals surface area contributed by atoms with E-state index in [0.717, 1.165) is 18.2 Å². The minimum Gasteiger partial charge on any atom is -0.464 e. The van der Waals surface area contributed by atoms with Crippen LogP contribution in [0.5, 0.6) is 0 Å². The first kappa shape index (κ1) is 12.7. The number of carbonyl (C=O) groups excluding carboxylic acids is 1. The fourth-order valence-corrected chi connectivity index (χ4v) is 1.92. The van der Waals surface area contributed by atoms with Gasteiger partial charge < -0.3 is 4.74 Å². The quantitative estimate of drug-likeness (QED) is 0.776. The van der Waals surface area contributed by atoms with E-state index in [-0.39, 0.29) is 12.2 Å². The molecule has 0 bridgehead atoms. The second kappa shape index (κ2) is 5.25. The van der Waals surface area contributed by atoms with E-state index >= 15 is 0 Å². The zero-order chi connectivity index (χ0) is 13.1. The molecule has 1 aromatic carbocycles. The second-order valence-corrected chi connectivity index (χ2v) is 4.01. The number of carbonyl (C=O) groups is 1. The molecule has 0 saturated heterocycles. The van der Waals surface area contributed by atoms with Crippen LogP contribution in [-0.2, 0) is 9.53 Å². The van der Waals surface area contributed by atoms with Crippen LogP contribution in [0.25, 0.3) is 0 Å². The van der Waals surface area contributed by atoms with Crippen molar-refractivity contribution in [3.63, 3.8) is 0 Å². The van der Waals surface area contributed by atoms with Gasteiger partial charge in [0.25, 0.3) is 0 Å². The van der Waals surface area contributed by atoms with Gasteiger partial charge >= 0.3 is 5.97 Å². The summed E-state index contributed by atoms with van der Waals surface area (Å²) in [5.74, 6) is -1.46. The van der Waals surface area contributed by atoms with Crippen molar-refractivity contribution >= 4 is 11.7 Å². The van der Waals surface area contributed by atoms with Gasteiger partial charge in [-0.25, -0.2) is 13.6 Å². The van der Waals surface area contributed by atoms with E-state index in [0.29, 0.717) is 18.6 Å². The fraction of sp³-hybridized carbons (Fsp3) is 0.385. The van der Waals surface area contributed by atoms with E-state index in [9.17, 15) is 13.6 Å². The van der Waals surface area contributed by atoms with Crippen LogP contribution in [0.3, 0.4) is 0 Å². The molecule has 96 valence electrons. The summed E-state index contributed by atoms with van der Waals surface area (Å²) in [4.78, 5) is 15.6. The number of rotatable bonds is 3. The number of halogens is 2. The van der Waals surface area contributed by atoms with Gasteiger partial charge in [-0.15, -0.1) is 0 Å². The van der Waals surface area contributed by atoms with Crippen LogP contribution in [0.2, 0.25) is 0 Å². The minimum atomic E-state index is -0.595. The largest absolute Gasteiger partial charge is 0.464 e. The van der Waals surface area contributed by atoms with Crippen LogP contribution in [0.1, 0.15) is 25.3 Å². The Balaban J connectivity index is 2.22. The molecule has 1 aromatic rings. The Hall–Kier alpha value is -1.78. The molecule has 5 heteroatoms. The van der Waals surface area contributed by atoms with E-state index in [1.54, 1.807) is 6.92 Å². The third kappa shape index (κ3) is 2.55. The first-order valence-corrected chi connectivity index (χ1v) is 5.80. The molecule has 1 aliphatic heterocycles. The Morgan fingerprint density at radius 2 is 2.28 bits per heavy atom. The lowest BCUT2D eigenvalue weighted by Gasteiger charge is -2.04. The first-order chi connectivity index (χ1) is 8.61. The molecule has 3 nitrogen and oxygen atoms in total. The van der Waals surface area contributed by atoms with Gasteiger partial charge in [-0.1, -0.05) is 0 Å². The normalized spacial score (nSPS) is 18.6. The van der Waals surface area contributed by atoms with Crippen molar-refractivity contribution in [3.8, 4) is 0 Å². The molecule has 0 radical (unpaired) electrons. The Morgan fingerprint density at radius 1 is 1.50 bits per heavy atom. The molecule has 0 fully saturated rings.